The van der Waals surface area contributed by atoms with Gasteiger partial charge in [-0.2, -0.15) is 0 Å². The van der Waals surface area contributed by atoms with E-state index in [0.717, 1.165) is 56.4 Å². The third kappa shape index (κ3) is 5.46. The Morgan fingerprint density at radius 1 is 0.839 bits per heavy atom. The van der Waals surface area contributed by atoms with Gasteiger partial charge in [-0.05, 0) is 62.1 Å². The van der Waals surface area contributed by atoms with Crippen LogP contribution in [0, 0.1) is 0 Å². The molecule has 2 aliphatic heterocycles. The van der Waals surface area contributed by atoms with Crippen LogP contribution in [0.15, 0.2) is 36.4 Å². The van der Waals surface area contributed by atoms with Gasteiger partial charge in [-0.1, -0.05) is 13.3 Å². The fourth-order valence-electron chi connectivity index (χ4n) is 4.13. The molecule has 0 spiro atoms. The van der Waals surface area contributed by atoms with E-state index < -0.39 is 0 Å². The number of hydrogen-bond donors (Lipinski definition) is 0. The molecule has 3 heterocycles. The zero-order valence-corrected chi connectivity index (χ0v) is 18.5. The van der Waals surface area contributed by atoms with Gasteiger partial charge in [-0.3, -0.25) is 4.79 Å². The van der Waals surface area contributed by atoms with Gasteiger partial charge < -0.3 is 19.4 Å². The predicted molar refractivity (Wildman–Crippen MR) is 123 cm³/mol. The summed E-state index contributed by atoms with van der Waals surface area (Å²) in [7, 11) is 0. The number of aromatic nitrogens is 2. The first kappa shape index (κ1) is 21.4. The van der Waals surface area contributed by atoms with Crippen molar-refractivity contribution in [3.05, 3.63) is 42.0 Å². The van der Waals surface area contributed by atoms with Crippen molar-refractivity contribution < 1.29 is 9.53 Å². The van der Waals surface area contributed by atoms with Crippen LogP contribution in [-0.2, 0) is 0 Å². The lowest BCUT2D eigenvalue weighted by Gasteiger charge is -2.35. The molecule has 31 heavy (non-hydrogen) atoms. The summed E-state index contributed by atoms with van der Waals surface area (Å²) in [5, 5.41) is 8.92. The second kappa shape index (κ2) is 10.5. The van der Waals surface area contributed by atoms with Gasteiger partial charge in [0.25, 0.3) is 5.91 Å². The highest BCUT2D eigenvalue weighted by atomic mass is 16.5. The smallest absolute Gasteiger partial charge is 0.253 e. The highest BCUT2D eigenvalue weighted by molar-refractivity contribution is 5.94. The number of benzene rings is 1. The minimum absolute atomic E-state index is 0.0753. The van der Waals surface area contributed by atoms with Gasteiger partial charge in [0.1, 0.15) is 5.75 Å². The Morgan fingerprint density at radius 3 is 2.03 bits per heavy atom. The van der Waals surface area contributed by atoms with Gasteiger partial charge in [-0.25, -0.2) is 0 Å². The minimum Gasteiger partial charge on any atom is -0.494 e. The van der Waals surface area contributed by atoms with Gasteiger partial charge in [0.15, 0.2) is 11.6 Å². The first-order valence-electron chi connectivity index (χ1n) is 11.6. The molecule has 2 fully saturated rings. The molecule has 166 valence electrons. The molecule has 2 aliphatic rings. The van der Waals surface area contributed by atoms with Crippen molar-refractivity contribution in [3.63, 3.8) is 0 Å². The first-order valence-corrected chi connectivity index (χ1v) is 11.6. The molecule has 4 rings (SSSR count). The lowest BCUT2D eigenvalue weighted by Crippen LogP contribution is -2.49. The second-order valence-electron chi connectivity index (χ2n) is 8.30. The van der Waals surface area contributed by atoms with E-state index in [4.69, 9.17) is 4.74 Å². The van der Waals surface area contributed by atoms with Crippen molar-refractivity contribution in [1.29, 1.82) is 0 Å². The number of piperazine rings is 1. The number of carbonyl (C=O) groups is 1. The molecule has 2 saturated heterocycles. The maximum Gasteiger partial charge on any atom is 0.253 e. The monoisotopic (exact) mass is 423 g/mol. The van der Waals surface area contributed by atoms with Gasteiger partial charge >= 0.3 is 0 Å². The average molecular weight is 424 g/mol. The molecule has 7 nitrogen and oxygen atoms in total. The molecule has 0 unspecified atom stereocenters. The Balaban J connectivity index is 1.28. The number of nitrogens with zero attached hydrogens (tertiary/aromatic N) is 5. The van der Waals surface area contributed by atoms with E-state index in [9.17, 15) is 4.79 Å². The lowest BCUT2D eigenvalue weighted by molar-refractivity contribution is 0.0746. The Bertz CT molecular complexity index is 826. The van der Waals surface area contributed by atoms with Crippen LogP contribution in [0.25, 0.3) is 0 Å². The van der Waals surface area contributed by atoms with Crippen molar-refractivity contribution in [2.75, 3.05) is 55.7 Å². The van der Waals surface area contributed by atoms with Crippen LogP contribution in [0.2, 0.25) is 0 Å². The van der Waals surface area contributed by atoms with E-state index in [1.54, 1.807) is 0 Å². The number of ether oxygens (including phenoxy) is 1. The highest BCUT2D eigenvalue weighted by Crippen LogP contribution is 2.21. The number of carbonyl (C=O) groups excluding carboxylic acids is 1. The Morgan fingerprint density at radius 2 is 1.45 bits per heavy atom. The summed E-state index contributed by atoms with van der Waals surface area (Å²) in [5.74, 6) is 2.76. The van der Waals surface area contributed by atoms with Crippen LogP contribution in [-0.4, -0.2) is 66.9 Å². The van der Waals surface area contributed by atoms with Crippen molar-refractivity contribution in [1.82, 2.24) is 15.1 Å². The first-order chi connectivity index (χ1) is 15.2. The van der Waals surface area contributed by atoms with Crippen LogP contribution in [0.5, 0.6) is 5.75 Å². The SMILES string of the molecule is CCCCOc1ccc(C(=O)N2CCN(c3ccc(N4CCCCC4)nn3)CC2)cc1. The second-order valence-corrected chi connectivity index (χ2v) is 8.30. The minimum atomic E-state index is 0.0753. The number of amides is 1. The van der Waals surface area contributed by atoms with E-state index in [2.05, 4.69) is 39.1 Å². The van der Waals surface area contributed by atoms with E-state index >= 15 is 0 Å². The van der Waals surface area contributed by atoms with Crippen molar-refractivity contribution in [2.45, 2.75) is 39.0 Å². The number of anilines is 2. The molecule has 1 aromatic heterocycles. The number of piperidine rings is 1. The zero-order chi connectivity index (χ0) is 21.5. The van der Waals surface area contributed by atoms with Crippen LogP contribution >= 0.6 is 0 Å². The summed E-state index contributed by atoms with van der Waals surface area (Å²) in [6.45, 7) is 7.90. The summed E-state index contributed by atoms with van der Waals surface area (Å²) in [4.78, 5) is 19.3. The molecule has 0 saturated carbocycles. The Labute approximate surface area is 185 Å². The summed E-state index contributed by atoms with van der Waals surface area (Å²) < 4.78 is 5.69. The van der Waals surface area contributed by atoms with E-state index in [-0.39, 0.29) is 5.91 Å². The van der Waals surface area contributed by atoms with Crippen molar-refractivity contribution >= 4 is 17.5 Å². The third-order valence-electron chi connectivity index (χ3n) is 6.08. The summed E-state index contributed by atoms with van der Waals surface area (Å²) in [6, 6.07) is 11.6. The molecule has 0 radical (unpaired) electrons. The third-order valence-corrected chi connectivity index (χ3v) is 6.08. The highest BCUT2D eigenvalue weighted by Gasteiger charge is 2.23. The average Bonchev–Trinajstić information content (AvgIpc) is 2.85. The molecule has 0 atom stereocenters. The summed E-state index contributed by atoms with van der Waals surface area (Å²) >= 11 is 0. The molecular weight excluding hydrogens is 390 g/mol. The molecule has 2 aromatic rings. The van der Waals surface area contributed by atoms with E-state index in [0.29, 0.717) is 25.3 Å². The van der Waals surface area contributed by atoms with Gasteiger partial charge in [-0.15, -0.1) is 10.2 Å². The number of unbranched alkanes of at least 4 members (excludes halogenated alkanes) is 1. The number of hydrogen-bond acceptors (Lipinski definition) is 6. The van der Waals surface area contributed by atoms with Crippen molar-refractivity contribution in [3.8, 4) is 5.75 Å². The fraction of sp³-hybridized carbons (Fsp3) is 0.542. The van der Waals surface area contributed by atoms with Gasteiger partial charge in [0, 0.05) is 44.8 Å². The molecule has 1 amide bonds. The molecule has 7 heteroatoms. The van der Waals surface area contributed by atoms with E-state index in [1.807, 2.05) is 29.2 Å². The Kier molecular flexibility index (Phi) is 7.22. The number of rotatable bonds is 7. The normalized spacial score (nSPS) is 17.0. The Hall–Kier alpha value is -2.83. The fourth-order valence-corrected chi connectivity index (χ4v) is 4.13. The van der Waals surface area contributed by atoms with E-state index in [1.165, 1.54) is 19.3 Å². The maximum absolute atomic E-state index is 12.9. The molecule has 0 N–H and O–H groups in total. The van der Waals surface area contributed by atoms with Crippen LogP contribution in [0.1, 0.15) is 49.4 Å². The molecule has 0 bridgehead atoms. The van der Waals surface area contributed by atoms with Crippen LogP contribution < -0.4 is 14.5 Å². The quantitative estimate of drug-likeness (QED) is 0.634. The van der Waals surface area contributed by atoms with Gasteiger partial charge in [0.2, 0.25) is 0 Å². The molecule has 0 aliphatic carbocycles. The lowest BCUT2D eigenvalue weighted by atomic mass is 10.1. The van der Waals surface area contributed by atoms with Crippen LogP contribution in [0.3, 0.4) is 0 Å². The zero-order valence-electron chi connectivity index (χ0n) is 18.5. The van der Waals surface area contributed by atoms with Crippen LogP contribution in [0.4, 0.5) is 11.6 Å². The maximum atomic E-state index is 12.9. The summed E-state index contributed by atoms with van der Waals surface area (Å²) in [6.07, 6.45) is 5.91. The predicted octanol–water partition coefficient (Wildman–Crippen LogP) is 3.61. The largest absolute Gasteiger partial charge is 0.494 e. The molecule has 1 aromatic carbocycles. The topological polar surface area (TPSA) is 61.8 Å². The molecular formula is C24H33N5O2. The van der Waals surface area contributed by atoms with Gasteiger partial charge in [0.05, 0.1) is 6.61 Å². The van der Waals surface area contributed by atoms with Crippen molar-refractivity contribution in [2.24, 2.45) is 0 Å². The standard InChI is InChI=1S/C24H33N5O2/c1-2-3-19-31-21-9-7-20(8-10-21)24(30)29-17-15-28(16-18-29)23-12-11-22(25-26-23)27-13-5-4-6-14-27/h7-12H,2-6,13-19H2,1H3. The summed E-state index contributed by atoms with van der Waals surface area (Å²) in [5.41, 5.74) is 0.710.